The van der Waals surface area contributed by atoms with Crippen LogP contribution in [0.5, 0.6) is 5.75 Å². The standard InChI is InChI=1S/C18H26N2O3/c1-13-10-14(4-5-15(13)22-3)11-20(2)17(21)16-18(12-19-16)6-8-23-9-7-18/h4-5,10,16,19H,6-9,11-12H2,1-3H3. The molecule has 0 saturated carbocycles. The van der Waals surface area contributed by atoms with Crippen molar-refractivity contribution in [2.75, 3.05) is 33.9 Å². The van der Waals surface area contributed by atoms with E-state index < -0.39 is 0 Å². The topological polar surface area (TPSA) is 50.8 Å². The number of aryl methyl sites for hydroxylation is 1. The van der Waals surface area contributed by atoms with Crippen molar-refractivity contribution in [3.63, 3.8) is 0 Å². The van der Waals surface area contributed by atoms with E-state index in [-0.39, 0.29) is 17.4 Å². The van der Waals surface area contributed by atoms with E-state index in [0.29, 0.717) is 6.54 Å². The van der Waals surface area contributed by atoms with E-state index in [1.165, 1.54) is 0 Å². The van der Waals surface area contributed by atoms with Crippen LogP contribution < -0.4 is 10.1 Å². The number of benzene rings is 1. The van der Waals surface area contributed by atoms with Gasteiger partial charge in [-0.25, -0.2) is 0 Å². The van der Waals surface area contributed by atoms with E-state index in [1.54, 1.807) is 7.11 Å². The van der Waals surface area contributed by atoms with Crippen molar-refractivity contribution < 1.29 is 14.3 Å². The van der Waals surface area contributed by atoms with Crippen molar-refractivity contribution in [3.05, 3.63) is 29.3 Å². The molecule has 1 atom stereocenters. The van der Waals surface area contributed by atoms with Crippen molar-refractivity contribution in [1.29, 1.82) is 0 Å². The molecule has 0 bridgehead atoms. The van der Waals surface area contributed by atoms with Crippen molar-refractivity contribution in [1.82, 2.24) is 10.2 Å². The van der Waals surface area contributed by atoms with Gasteiger partial charge in [0.2, 0.25) is 5.91 Å². The van der Waals surface area contributed by atoms with Gasteiger partial charge in [-0.1, -0.05) is 12.1 Å². The number of ether oxygens (including phenoxy) is 2. The first-order valence-electron chi connectivity index (χ1n) is 8.25. The molecule has 0 aromatic heterocycles. The molecule has 0 radical (unpaired) electrons. The highest BCUT2D eigenvalue weighted by molar-refractivity contribution is 5.84. The van der Waals surface area contributed by atoms with Crippen LogP contribution in [-0.4, -0.2) is 50.8 Å². The fourth-order valence-electron chi connectivity index (χ4n) is 3.70. The Balaban J connectivity index is 1.65. The maximum absolute atomic E-state index is 12.8. The van der Waals surface area contributed by atoms with Crippen LogP contribution >= 0.6 is 0 Å². The van der Waals surface area contributed by atoms with E-state index in [2.05, 4.69) is 11.4 Å². The Hall–Kier alpha value is -1.59. The lowest BCUT2D eigenvalue weighted by atomic mass is 9.67. The van der Waals surface area contributed by atoms with Crippen LogP contribution in [0.4, 0.5) is 0 Å². The average molecular weight is 318 g/mol. The fraction of sp³-hybridized carbons (Fsp3) is 0.611. The van der Waals surface area contributed by atoms with E-state index in [0.717, 1.165) is 49.5 Å². The number of methoxy groups -OCH3 is 1. The summed E-state index contributed by atoms with van der Waals surface area (Å²) in [5.41, 5.74) is 2.33. The normalized spacial score (nSPS) is 22.5. The van der Waals surface area contributed by atoms with Crippen LogP contribution in [-0.2, 0) is 16.1 Å². The van der Waals surface area contributed by atoms with Gasteiger partial charge in [0.15, 0.2) is 0 Å². The van der Waals surface area contributed by atoms with Crippen LogP contribution in [0.25, 0.3) is 0 Å². The highest BCUT2D eigenvalue weighted by atomic mass is 16.5. The summed E-state index contributed by atoms with van der Waals surface area (Å²) < 4.78 is 10.7. The van der Waals surface area contributed by atoms with Crippen molar-refractivity contribution in [2.45, 2.75) is 32.4 Å². The summed E-state index contributed by atoms with van der Waals surface area (Å²) in [5.74, 6) is 1.07. The quantitative estimate of drug-likeness (QED) is 0.918. The number of carbonyl (C=O) groups excluding carboxylic acids is 1. The Kier molecular flexibility index (Phi) is 4.60. The molecule has 1 aromatic rings. The molecule has 1 aromatic carbocycles. The number of hydrogen-bond donors (Lipinski definition) is 1. The fourth-order valence-corrected chi connectivity index (χ4v) is 3.70. The zero-order chi connectivity index (χ0) is 16.4. The van der Waals surface area contributed by atoms with Gasteiger partial charge in [-0.15, -0.1) is 0 Å². The first kappa shape index (κ1) is 16.3. The number of likely N-dealkylation sites (N-methyl/N-ethyl adjacent to an activating group) is 1. The summed E-state index contributed by atoms with van der Waals surface area (Å²) in [5, 5.41) is 3.34. The molecule has 2 aliphatic heterocycles. The summed E-state index contributed by atoms with van der Waals surface area (Å²) in [6.07, 6.45) is 1.96. The van der Waals surface area contributed by atoms with Gasteiger partial charge < -0.3 is 19.7 Å². The van der Waals surface area contributed by atoms with Crippen molar-refractivity contribution in [3.8, 4) is 5.75 Å². The van der Waals surface area contributed by atoms with Crippen LogP contribution in [0.3, 0.4) is 0 Å². The first-order chi connectivity index (χ1) is 11.1. The molecule has 3 rings (SSSR count). The molecule has 5 heteroatoms. The summed E-state index contributed by atoms with van der Waals surface area (Å²) in [6.45, 7) is 5.12. The van der Waals surface area contributed by atoms with E-state index in [4.69, 9.17) is 9.47 Å². The van der Waals surface area contributed by atoms with E-state index in [1.807, 2.05) is 31.0 Å². The summed E-state index contributed by atoms with van der Waals surface area (Å²) in [6, 6.07) is 6.01. The molecule has 23 heavy (non-hydrogen) atoms. The third-order valence-electron chi connectivity index (χ3n) is 5.26. The highest BCUT2D eigenvalue weighted by Gasteiger charge is 2.51. The minimum absolute atomic E-state index is 0.0595. The van der Waals surface area contributed by atoms with Crippen LogP contribution in [0, 0.1) is 12.3 Å². The number of carbonyl (C=O) groups is 1. The summed E-state index contributed by atoms with van der Waals surface area (Å²) in [7, 11) is 3.56. The maximum Gasteiger partial charge on any atom is 0.240 e. The first-order valence-corrected chi connectivity index (χ1v) is 8.25. The number of nitrogens with zero attached hydrogens (tertiary/aromatic N) is 1. The third kappa shape index (κ3) is 3.08. The molecule has 0 aliphatic carbocycles. The Morgan fingerprint density at radius 3 is 2.74 bits per heavy atom. The van der Waals surface area contributed by atoms with Crippen LogP contribution in [0.2, 0.25) is 0 Å². The predicted molar refractivity (Wildman–Crippen MR) is 88.5 cm³/mol. The van der Waals surface area contributed by atoms with Gasteiger partial charge >= 0.3 is 0 Å². The van der Waals surface area contributed by atoms with Gasteiger partial charge in [0, 0.05) is 38.8 Å². The van der Waals surface area contributed by atoms with Gasteiger partial charge in [-0.3, -0.25) is 4.79 Å². The van der Waals surface area contributed by atoms with Gasteiger partial charge in [0.25, 0.3) is 0 Å². The second-order valence-corrected chi connectivity index (χ2v) is 6.79. The molecule has 1 N–H and O–H groups in total. The van der Waals surface area contributed by atoms with Gasteiger partial charge in [0.05, 0.1) is 13.2 Å². The maximum atomic E-state index is 12.8. The lowest BCUT2D eigenvalue weighted by molar-refractivity contribution is -0.145. The van der Waals surface area contributed by atoms with E-state index in [9.17, 15) is 4.79 Å². The molecule has 2 heterocycles. The molecule has 1 unspecified atom stereocenters. The minimum Gasteiger partial charge on any atom is -0.496 e. The van der Waals surface area contributed by atoms with Crippen LogP contribution in [0.1, 0.15) is 24.0 Å². The minimum atomic E-state index is -0.0595. The molecule has 2 saturated heterocycles. The zero-order valence-corrected chi connectivity index (χ0v) is 14.2. The molecule has 2 fully saturated rings. The molecule has 1 amide bonds. The Bertz CT molecular complexity index is 582. The molecular formula is C18H26N2O3. The van der Waals surface area contributed by atoms with Crippen molar-refractivity contribution >= 4 is 5.91 Å². The lowest BCUT2D eigenvalue weighted by Gasteiger charge is -2.52. The molecule has 5 nitrogen and oxygen atoms in total. The van der Waals surface area contributed by atoms with Crippen LogP contribution in [0.15, 0.2) is 18.2 Å². The number of rotatable bonds is 4. The number of hydrogen-bond acceptors (Lipinski definition) is 4. The Morgan fingerprint density at radius 2 is 2.17 bits per heavy atom. The number of nitrogens with one attached hydrogen (secondary N) is 1. The lowest BCUT2D eigenvalue weighted by Crippen LogP contribution is -2.69. The van der Waals surface area contributed by atoms with E-state index >= 15 is 0 Å². The highest BCUT2D eigenvalue weighted by Crippen LogP contribution is 2.40. The number of amides is 1. The molecular weight excluding hydrogens is 292 g/mol. The van der Waals surface area contributed by atoms with Gasteiger partial charge in [-0.05, 0) is 37.0 Å². The summed E-state index contributed by atoms with van der Waals surface area (Å²) in [4.78, 5) is 14.6. The Morgan fingerprint density at radius 1 is 1.43 bits per heavy atom. The average Bonchev–Trinajstić information content (AvgIpc) is 2.54. The van der Waals surface area contributed by atoms with Gasteiger partial charge in [0.1, 0.15) is 5.75 Å². The third-order valence-corrected chi connectivity index (χ3v) is 5.26. The predicted octanol–water partition coefficient (Wildman–Crippen LogP) is 1.73. The monoisotopic (exact) mass is 318 g/mol. The second kappa shape index (κ2) is 6.49. The molecule has 1 spiro atoms. The zero-order valence-electron chi connectivity index (χ0n) is 14.2. The molecule has 126 valence electrons. The largest absolute Gasteiger partial charge is 0.496 e. The summed E-state index contributed by atoms with van der Waals surface area (Å²) >= 11 is 0. The van der Waals surface area contributed by atoms with Gasteiger partial charge in [-0.2, -0.15) is 0 Å². The van der Waals surface area contributed by atoms with Crippen molar-refractivity contribution in [2.24, 2.45) is 5.41 Å². The smallest absolute Gasteiger partial charge is 0.240 e. The second-order valence-electron chi connectivity index (χ2n) is 6.79. The SMILES string of the molecule is COc1ccc(CN(C)C(=O)C2NCC23CCOCC3)cc1C. The molecule has 2 aliphatic rings. The Labute approximate surface area is 137 Å².